The number of nitrogens with one attached hydrogen (secondary N) is 2. The largest absolute Gasteiger partial charge is 0.483 e. The predicted molar refractivity (Wildman–Crippen MR) is 77.2 cm³/mol. The molecule has 0 bridgehead atoms. The van der Waals surface area contributed by atoms with Crippen LogP contribution in [0.1, 0.15) is 18.4 Å². The van der Waals surface area contributed by atoms with Crippen molar-refractivity contribution in [3.63, 3.8) is 0 Å². The Kier molecular flexibility index (Phi) is 4.97. The summed E-state index contributed by atoms with van der Waals surface area (Å²) in [5.41, 5.74) is 5.97. The fourth-order valence-corrected chi connectivity index (χ4v) is 2.18. The van der Waals surface area contributed by atoms with Crippen LogP contribution in [0.5, 0.6) is 5.75 Å². The number of urea groups is 1. The smallest absolute Gasteiger partial charge is 0.318 e. The molecule has 1 fully saturated rings. The van der Waals surface area contributed by atoms with Gasteiger partial charge in [-0.05, 0) is 46.5 Å². The Bertz CT molecular complexity index is 518. The first kappa shape index (κ1) is 14.8. The zero-order chi connectivity index (χ0) is 14.5. The number of benzene rings is 1. The van der Waals surface area contributed by atoms with Gasteiger partial charge in [0.15, 0.2) is 6.61 Å². The average molecular weight is 342 g/mol. The highest BCUT2D eigenvalue weighted by Gasteiger charge is 2.20. The number of hydrogen-bond donors (Lipinski definition) is 3. The van der Waals surface area contributed by atoms with E-state index in [0.29, 0.717) is 11.8 Å². The third-order valence-corrected chi connectivity index (χ3v) is 3.41. The number of ether oxygens (including phenoxy) is 1. The molecule has 0 unspecified atom stereocenters. The van der Waals surface area contributed by atoms with E-state index in [-0.39, 0.29) is 6.61 Å². The maximum absolute atomic E-state index is 11.2. The average Bonchev–Trinajstić information content (AvgIpc) is 3.18. The van der Waals surface area contributed by atoms with Gasteiger partial charge in [0.25, 0.3) is 5.91 Å². The maximum atomic E-state index is 11.2. The number of amides is 3. The number of primary amides is 1. The molecule has 0 spiro atoms. The van der Waals surface area contributed by atoms with Crippen LogP contribution in [0.2, 0.25) is 0 Å². The molecule has 0 radical (unpaired) electrons. The number of hydrogen-bond acceptors (Lipinski definition) is 4. The topological polar surface area (TPSA) is 93.5 Å². The first-order valence-corrected chi connectivity index (χ1v) is 7.08. The van der Waals surface area contributed by atoms with E-state index in [2.05, 4.69) is 21.2 Å². The van der Waals surface area contributed by atoms with Crippen molar-refractivity contribution in [2.75, 3.05) is 6.61 Å². The minimum Gasteiger partial charge on any atom is -0.483 e. The van der Waals surface area contributed by atoms with Gasteiger partial charge in [0.05, 0.1) is 4.47 Å². The van der Waals surface area contributed by atoms with Crippen LogP contribution < -0.4 is 21.1 Å². The zero-order valence-electron chi connectivity index (χ0n) is 10.8. The van der Waals surface area contributed by atoms with Crippen molar-refractivity contribution in [3.05, 3.63) is 28.2 Å². The summed E-state index contributed by atoms with van der Waals surface area (Å²) in [4.78, 5) is 21.7. The SMILES string of the molecule is NC(=O)NC(=O)COc1ccc(CNC2CC2)cc1Br. The van der Waals surface area contributed by atoms with Gasteiger partial charge in [-0.15, -0.1) is 0 Å². The quantitative estimate of drug-likeness (QED) is 0.726. The van der Waals surface area contributed by atoms with Crippen molar-refractivity contribution >= 4 is 27.9 Å². The number of halogens is 1. The molecular weight excluding hydrogens is 326 g/mol. The van der Waals surface area contributed by atoms with Crippen molar-refractivity contribution < 1.29 is 14.3 Å². The molecule has 6 nitrogen and oxygen atoms in total. The Morgan fingerprint density at radius 3 is 2.75 bits per heavy atom. The second-order valence-electron chi connectivity index (χ2n) is 4.62. The van der Waals surface area contributed by atoms with Gasteiger partial charge >= 0.3 is 6.03 Å². The molecule has 0 aliphatic heterocycles. The van der Waals surface area contributed by atoms with E-state index in [9.17, 15) is 9.59 Å². The molecular formula is C13H16BrN3O3. The lowest BCUT2D eigenvalue weighted by molar-refractivity contribution is -0.121. The van der Waals surface area contributed by atoms with Gasteiger partial charge in [0, 0.05) is 12.6 Å². The van der Waals surface area contributed by atoms with Crippen molar-refractivity contribution in [2.45, 2.75) is 25.4 Å². The van der Waals surface area contributed by atoms with Crippen molar-refractivity contribution in [3.8, 4) is 5.75 Å². The van der Waals surface area contributed by atoms with Gasteiger partial charge in [-0.3, -0.25) is 10.1 Å². The molecule has 1 aromatic rings. The highest BCUT2D eigenvalue weighted by Crippen LogP contribution is 2.26. The fourth-order valence-electron chi connectivity index (χ4n) is 1.64. The lowest BCUT2D eigenvalue weighted by Gasteiger charge is -2.09. The van der Waals surface area contributed by atoms with Crippen LogP contribution in [0, 0.1) is 0 Å². The number of rotatable bonds is 6. The number of carbonyl (C=O) groups excluding carboxylic acids is 2. The van der Waals surface area contributed by atoms with Gasteiger partial charge in [-0.25, -0.2) is 4.79 Å². The molecule has 0 heterocycles. The lowest BCUT2D eigenvalue weighted by atomic mass is 10.2. The predicted octanol–water partition coefficient (Wildman–Crippen LogP) is 1.27. The molecule has 3 amide bonds. The minimum atomic E-state index is -0.890. The first-order chi connectivity index (χ1) is 9.54. The number of imide groups is 1. The normalized spacial score (nSPS) is 13.8. The van der Waals surface area contributed by atoms with Crippen LogP contribution in [0.3, 0.4) is 0 Å². The second kappa shape index (κ2) is 6.71. The summed E-state index contributed by atoms with van der Waals surface area (Å²) in [6, 6.07) is 5.42. The zero-order valence-corrected chi connectivity index (χ0v) is 12.4. The Hall–Kier alpha value is -1.60. The summed E-state index contributed by atoms with van der Waals surface area (Å²) in [7, 11) is 0. The molecule has 0 aromatic heterocycles. The van der Waals surface area contributed by atoms with Crippen LogP contribution >= 0.6 is 15.9 Å². The molecule has 7 heteroatoms. The van der Waals surface area contributed by atoms with Gasteiger partial charge in [0.1, 0.15) is 5.75 Å². The van der Waals surface area contributed by atoms with Gasteiger partial charge in [-0.2, -0.15) is 0 Å². The van der Waals surface area contributed by atoms with E-state index >= 15 is 0 Å². The van der Waals surface area contributed by atoms with Crippen LogP contribution in [0.25, 0.3) is 0 Å². The van der Waals surface area contributed by atoms with E-state index in [1.165, 1.54) is 12.8 Å². The van der Waals surface area contributed by atoms with E-state index in [0.717, 1.165) is 16.6 Å². The maximum Gasteiger partial charge on any atom is 0.318 e. The van der Waals surface area contributed by atoms with E-state index in [1.807, 2.05) is 17.4 Å². The molecule has 1 aliphatic rings. The molecule has 20 heavy (non-hydrogen) atoms. The first-order valence-electron chi connectivity index (χ1n) is 6.28. The Balaban J connectivity index is 1.84. The van der Waals surface area contributed by atoms with E-state index in [1.54, 1.807) is 6.07 Å². The van der Waals surface area contributed by atoms with Crippen LogP contribution in [0.4, 0.5) is 4.79 Å². The number of nitrogens with two attached hydrogens (primary N) is 1. The van der Waals surface area contributed by atoms with Gasteiger partial charge < -0.3 is 15.8 Å². The van der Waals surface area contributed by atoms with Gasteiger partial charge in [-0.1, -0.05) is 6.07 Å². The van der Waals surface area contributed by atoms with Crippen molar-refractivity contribution in [2.24, 2.45) is 5.73 Å². The number of carbonyl (C=O) groups is 2. The van der Waals surface area contributed by atoms with Crippen molar-refractivity contribution in [1.29, 1.82) is 0 Å². The summed E-state index contributed by atoms with van der Waals surface area (Å²) < 4.78 is 6.07. The van der Waals surface area contributed by atoms with E-state index < -0.39 is 11.9 Å². The Morgan fingerprint density at radius 1 is 1.40 bits per heavy atom. The molecule has 1 aliphatic carbocycles. The highest BCUT2D eigenvalue weighted by atomic mass is 79.9. The molecule has 2 rings (SSSR count). The highest BCUT2D eigenvalue weighted by molar-refractivity contribution is 9.10. The van der Waals surface area contributed by atoms with E-state index in [4.69, 9.17) is 10.5 Å². The Labute approximate surface area is 125 Å². The van der Waals surface area contributed by atoms with Crippen LogP contribution in [-0.2, 0) is 11.3 Å². The van der Waals surface area contributed by atoms with Crippen molar-refractivity contribution in [1.82, 2.24) is 10.6 Å². The third-order valence-electron chi connectivity index (χ3n) is 2.79. The summed E-state index contributed by atoms with van der Waals surface area (Å²) in [6.07, 6.45) is 2.49. The fraction of sp³-hybridized carbons (Fsp3) is 0.385. The van der Waals surface area contributed by atoms with Gasteiger partial charge in [0.2, 0.25) is 0 Å². The minimum absolute atomic E-state index is 0.263. The molecule has 0 atom stereocenters. The molecule has 108 valence electrons. The van der Waals surface area contributed by atoms with Crippen LogP contribution in [-0.4, -0.2) is 24.6 Å². The summed E-state index contributed by atoms with van der Waals surface area (Å²) in [5.74, 6) is -0.0383. The molecule has 1 aromatic carbocycles. The monoisotopic (exact) mass is 341 g/mol. The molecule has 1 saturated carbocycles. The lowest BCUT2D eigenvalue weighted by Crippen LogP contribution is -2.38. The summed E-state index contributed by atoms with van der Waals surface area (Å²) >= 11 is 3.39. The standard InChI is InChI=1S/C13H16BrN3O3/c14-10-5-8(6-16-9-2-3-9)1-4-11(10)20-7-12(18)17-13(15)19/h1,4-5,9,16H,2-3,6-7H2,(H3,15,17,18,19). The Morgan fingerprint density at radius 2 is 2.15 bits per heavy atom. The van der Waals surface area contributed by atoms with Crippen LogP contribution in [0.15, 0.2) is 22.7 Å². The third kappa shape index (κ3) is 4.82. The molecule has 0 saturated heterocycles. The second-order valence-corrected chi connectivity index (χ2v) is 5.48. The summed E-state index contributed by atoms with van der Waals surface area (Å²) in [5, 5.41) is 5.35. The molecule has 4 N–H and O–H groups in total. The summed E-state index contributed by atoms with van der Waals surface area (Å²) in [6.45, 7) is 0.549.